The van der Waals surface area contributed by atoms with Crippen LogP contribution in [0.5, 0.6) is 5.75 Å². The Balaban J connectivity index is 1.43. The highest BCUT2D eigenvalue weighted by Crippen LogP contribution is 2.17. The lowest BCUT2D eigenvalue weighted by Crippen LogP contribution is -2.39. The predicted octanol–water partition coefficient (Wildman–Crippen LogP) is 1.28. The Morgan fingerprint density at radius 3 is 2.85 bits per heavy atom. The topological polar surface area (TPSA) is 84.4 Å². The van der Waals surface area contributed by atoms with Crippen LogP contribution in [0.1, 0.15) is 5.56 Å². The van der Waals surface area contributed by atoms with Crippen molar-refractivity contribution in [2.24, 2.45) is 0 Å². The SMILES string of the molecule is COc1ccccc1CCNc1nncc(NCCN2CCOCC2)n1. The second-order valence-electron chi connectivity index (χ2n) is 6.03. The van der Waals surface area contributed by atoms with Gasteiger partial charge in [0.2, 0.25) is 5.95 Å². The highest BCUT2D eigenvalue weighted by molar-refractivity contribution is 5.38. The first-order valence-corrected chi connectivity index (χ1v) is 8.94. The molecule has 2 aromatic rings. The van der Waals surface area contributed by atoms with Gasteiger partial charge in [-0.15, -0.1) is 5.10 Å². The summed E-state index contributed by atoms with van der Waals surface area (Å²) in [5.41, 5.74) is 1.15. The number of nitrogens with zero attached hydrogens (tertiary/aromatic N) is 4. The fraction of sp³-hybridized carbons (Fsp3) is 0.500. The van der Waals surface area contributed by atoms with Crippen LogP contribution in [0, 0.1) is 0 Å². The van der Waals surface area contributed by atoms with Gasteiger partial charge >= 0.3 is 0 Å². The lowest BCUT2D eigenvalue weighted by atomic mass is 10.1. The van der Waals surface area contributed by atoms with E-state index in [9.17, 15) is 0 Å². The van der Waals surface area contributed by atoms with Gasteiger partial charge in [-0.25, -0.2) is 0 Å². The van der Waals surface area contributed by atoms with Crippen molar-refractivity contribution in [2.75, 3.05) is 63.7 Å². The molecule has 2 heterocycles. The lowest BCUT2D eigenvalue weighted by Gasteiger charge is -2.26. The zero-order chi connectivity index (χ0) is 18.0. The van der Waals surface area contributed by atoms with Crippen molar-refractivity contribution >= 4 is 11.8 Å². The van der Waals surface area contributed by atoms with Gasteiger partial charge in [0, 0.05) is 32.7 Å². The molecular formula is C18H26N6O2. The number of hydrogen-bond acceptors (Lipinski definition) is 8. The zero-order valence-electron chi connectivity index (χ0n) is 15.1. The summed E-state index contributed by atoms with van der Waals surface area (Å²) in [5.74, 6) is 2.15. The Kier molecular flexibility index (Phi) is 6.97. The molecule has 1 aromatic heterocycles. The molecule has 0 unspecified atom stereocenters. The fourth-order valence-electron chi connectivity index (χ4n) is 2.85. The number of nitrogens with one attached hydrogen (secondary N) is 2. The van der Waals surface area contributed by atoms with Crippen LogP contribution >= 0.6 is 0 Å². The van der Waals surface area contributed by atoms with Gasteiger partial charge in [-0.2, -0.15) is 10.1 Å². The van der Waals surface area contributed by atoms with E-state index in [-0.39, 0.29) is 0 Å². The Morgan fingerprint density at radius 2 is 2.00 bits per heavy atom. The molecule has 0 spiro atoms. The fourth-order valence-corrected chi connectivity index (χ4v) is 2.85. The van der Waals surface area contributed by atoms with Gasteiger partial charge in [-0.1, -0.05) is 18.2 Å². The van der Waals surface area contributed by atoms with Crippen molar-refractivity contribution in [3.63, 3.8) is 0 Å². The summed E-state index contributed by atoms with van der Waals surface area (Å²) in [7, 11) is 1.69. The van der Waals surface area contributed by atoms with Gasteiger partial charge in [0.15, 0.2) is 5.82 Å². The standard InChI is InChI=1S/C18H26N6O2/c1-25-16-5-3-2-4-15(16)6-7-20-18-22-17(14-21-23-18)19-8-9-24-10-12-26-13-11-24/h2-5,14H,6-13H2,1H3,(H2,19,20,22,23). The summed E-state index contributed by atoms with van der Waals surface area (Å²) < 4.78 is 10.7. The predicted molar refractivity (Wildman–Crippen MR) is 101 cm³/mol. The zero-order valence-corrected chi connectivity index (χ0v) is 15.1. The number of ether oxygens (including phenoxy) is 2. The molecule has 0 bridgehead atoms. The molecule has 8 heteroatoms. The van der Waals surface area contributed by atoms with Crippen LogP contribution in [0.15, 0.2) is 30.5 Å². The van der Waals surface area contributed by atoms with Crippen LogP contribution < -0.4 is 15.4 Å². The lowest BCUT2D eigenvalue weighted by molar-refractivity contribution is 0.0398. The van der Waals surface area contributed by atoms with Crippen molar-refractivity contribution in [2.45, 2.75) is 6.42 Å². The van der Waals surface area contributed by atoms with E-state index in [2.05, 4.69) is 36.8 Å². The first-order valence-electron chi connectivity index (χ1n) is 8.94. The van der Waals surface area contributed by atoms with Gasteiger partial charge in [0.1, 0.15) is 5.75 Å². The number of aromatic nitrogens is 3. The maximum absolute atomic E-state index is 5.37. The smallest absolute Gasteiger partial charge is 0.244 e. The molecule has 2 N–H and O–H groups in total. The molecule has 1 saturated heterocycles. The Bertz CT molecular complexity index is 678. The number of hydrogen-bond donors (Lipinski definition) is 2. The molecular weight excluding hydrogens is 332 g/mol. The summed E-state index contributed by atoms with van der Waals surface area (Å²) in [6.07, 6.45) is 2.47. The number of rotatable bonds is 9. The van der Waals surface area contributed by atoms with E-state index in [1.54, 1.807) is 13.3 Å². The van der Waals surface area contributed by atoms with Crippen molar-refractivity contribution in [3.05, 3.63) is 36.0 Å². The first kappa shape index (κ1) is 18.3. The van der Waals surface area contributed by atoms with Crippen LogP contribution in [-0.4, -0.2) is 73.1 Å². The minimum absolute atomic E-state index is 0.524. The maximum Gasteiger partial charge on any atom is 0.244 e. The molecule has 1 fully saturated rings. The number of benzene rings is 1. The molecule has 0 amide bonds. The molecule has 3 rings (SSSR count). The summed E-state index contributed by atoms with van der Waals surface area (Å²) in [5, 5.41) is 14.6. The molecule has 1 aliphatic heterocycles. The van der Waals surface area contributed by atoms with Crippen LogP contribution in [0.25, 0.3) is 0 Å². The molecule has 0 aliphatic carbocycles. The Morgan fingerprint density at radius 1 is 1.15 bits per heavy atom. The molecule has 0 saturated carbocycles. The van der Waals surface area contributed by atoms with Gasteiger partial charge in [-0.05, 0) is 18.1 Å². The van der Waals surface area contributed by atoms with E-state index in [0.717, 1.165) is 62.9 Å². The summed E-state index contributed by atoms with van der Waals surface area (Å²) in [4.78, 5) is 6.83. The van der Waals surface area contributed by atoms with E-state index in [4.69, 9.17) is 9.47 Å². The first-order chi connectivity index (χ1) is 12.8. The number of anilines is 2. The van der Waals surface area contributed by atoms with Gasteiger partial charge in [0.25, 0.3) is 0 Å². The van der Waals surface area contributed by atoms with Crippen molar-refractivity contribution < 1.29 is 9.47 Å². The second-order valence-corrected chi connectivity index (χ2v) is 6.03. The highest BCUT2D eigenvalue weighted by atomic mass is 16.5. The summed E-state index contributed by atoms with van der Waals surface area (Å²) >= 11 is 0. The van der Waals surface area contributed by atoms with Crippen molar-refractivity contribution in [3.8, 4) is 5.75 Å². The molecule has 1 aliphatic rings. The quantitative estimate of drug-likeness (QED) is 0.693. The van der Waals surface area contributed by atoms with E-state index in [1.807, 2.05) is 18.2 Å². The molecule has 0 atom stereocenters. The molecule has 8 nitrogen and oxygen atoms in total. The maximum atomic E-state index is 5.37. The van der Waals surface area contributed by atoms with Gasteiger partial charge in [-0.3, -0.25) is 4.90 Å². The average Bonchev–Trinajstić information content (AvgIpc) is 2.69. The summed E-state index contributed by atoms with van der Waals surface area (Å²) in [6, 6.07) is 8.00. The highest BCUT2D eigenvalue weighted by Gasteiger charge is 2.09. The van der Waals surface area contributed by atoms with Crippen LogP contribution in [0.2, 0.25) is 0 Å². The van der Waals surface area contributed by atoms with Crippen molar-refractivity contribution in [1.29, 1.82) is 0 Å². The number of methoxy groups -OCH3 is 1. The minimum Gasteiger partial charge on any atom is -0.496 e. The molecule has 26 heavy (non-hydrogen) atoms. The van der Waals surface area contributed by atoms with Crippen molar-refractivity contribution in [1.82, 2.24) is 20.1 Å². The third-order valence-corrected chi connectivity index (χ3v) is 4.27. The Hall–Kier alpha value is -2.45. The van der Waals surface area contributed by atoms with Crippen LogP contribution in [-0.2, 0) is 11.2 Å². The van der Waals surface area contributed by atoms with E-state index >= 15 is 0 Å². The van der Waals surface area contributed by atoms with E-state index in [0.29, 0.717) is 12.5 Å². The number of morpholine rings is 1. The monoisotopic (exact) mass is 358 g/mol. The molecule has 140 valence electrons. The van der Waals surface area contributed by atoms with Crippen LogP contribution in [0.3, 0.4) is 0 Å². The van der Waals surface area contributed by atoms with Crippen LogP contribution in [0.4, 0.5) is 11.8 Å². The molecule has 1 aromatic carbocycles. The third-order valence-electron chi connectivity index (χ3n) is 4.27. The normalized spacial score (nSPS) is 14.8. The van der Waals surface area contributed by atoms with Gasteiger partial charge in [0.05, 0.1) is 26.5 Å². The Labute approximate surface area is 153 Å². The van der Waals surface area contributed by atoms with E-state index in [1.165, 1.54) is 0 Å². The molecule has 0 radical (unpaired) electrons. The van der Waals surface area contributed by atoms with E-state index < -0.39 is 0 Å². The summed E-state index contributed by atoms with van der Waals surface area (Å²) in [6.45, 7) is 6.09. The largest absolute Gasteiger partial charge is 0.496 e. The average molecular weight is 358 g/mol. The third kappa shape index (κ3) is 5.53. The minimum atomic E-state index is 0.524. The van der Waals surface area contributed by atoms with Gasteiger partial charge < -0.3 is 20.1 Å². The number of para-hydroxylation sites is 1. The second kappa shape index (κ2) is 9.88.